The van der Waals surface area contributed by atoms with Crippen molar-refractivity contribution in [2.75, 3.05) is 50.8 Å². The Hall–Kier alpha value is -2.61. The van der Waals surface area contributed by atoms with Crippen LogP contribution in [0.3, 0.4) is 0 Å². The van der Waals surface area contributed by atoms with E-state index in [1.54, 1.807) is 17.6 Å². The first-order valence-electron chi connectivity index (χ1n) is 11.4. The highest BCUT2D eigenvalue weighted by atomic mass is 32.1. The number of thiophene rings is 1. The van der Waals surface area contributed by atoms with Gasteiger partial charge in [0.2, 0.25) is 0 Å². The number of furan rings is 1. The van der Waals surface area contributed by atoms with Crippen LogP contribution in [-0.4, -0.2) is 56.7 Å². The number of ether oxygens (including phenoxy) is 1. The molecule has 0 spiro atoms. The van der Waals surface area contributed by atoms with Crippen LogP contribution in [-0.2, 0) is 4.74 Å². The van der Waals surface area contributed by atoms with E-state index < -0.39 is 0 Å². The fraction of sp³-hybridized carbons (Fsp3) is 0.400. The van der Waals surface area contributed by atoms with Crippen molar-refractivity contribution in [3.05, 3.63) is 65.4 Å². The van der Waals surface area contributed by atoms with Gasteiger partial charge in [-0.2, -0.15) is 0 Å². The number of carbonyl (C=O) groups is 1. The summed E-state index contributed by atoms with van der Waals surface area (Å²) in [6, 6.07) is 16.3. The van der Waals surface area contributed by atoms with Crippen molar-refractivity contribution in [1.82, 2.24) is 10.2 Å². The van der Waals surface area contributed by atoms with Gasteiger partial charge >= 0.3 is 0 Å². The smallest absolute Gasteiger partial charge is 0.261 e. The Morgan fingerprint density at radius 2 is 1.81 bits per heavy atom. The average Bonchev–Trinajstić information content (AvgIpc) is 3.63. The van der Waals surface area contributed by atoms with Crippen LogP contribution in [0.25, 0.3) is 11.1 Å². The lowest BCUT2D eigenvalue weighted by Gasteiger charge is -2.28. The number of amides is 1. The second-order valence-corrected chi connectivity index (χ2v) is 9.31. The van der Waals surface area contributed by atoms with E-state index >= 15 is 0 Å². The molecule has 1 amide bonds. The molecule has 0 unspecified atom stereocenters. The normalized spacial score (nSPS) is 18.1. The summed E-state index contributed by atoms with van der Waals surface area (Å²) in [5.41, 5.74) is 2.25. The van der Waals surface area contributed by atoms with Crippen LogP contribution in [0.4, 0.5) is 5.00 Å². The number of nitrogens with zero attached hydrogens (tertiary/aromatic N) is 2. The van der Waals surface area contributed by atoms with Gasteiger partial charge in [-0.15, -0.1) is 11.3 Å². The van der Waals surface area contributed by atoms with E-state index in [1.165, 1.54) is 12.8 Å². The molecule has 2 aromatic heterocycles. The lowest BCUT2D eigenvalue weighted by molar-refractivity contribution is 0.0938. The number of hydrogen-bond donors (Lipinski definition) is 1. The Labute approximate surface area is 192 Å². The second kappa shape index (κ2) is 9.90. The van der Waals surface area contributed by atoms with Gasteiger partial charge in [0.1, 0.15) is 5.76 Å². The molecular weight excluding hydrogens is 422 g/mol. The number of benzene rings is 1. The van der Waals surface area contributed by atoms with E-state index in [9.17, 15) is 4.79 Å². The SMILES string of the molecule is O=C(NC[C@@H](c1ccco1)N1CCCC1)c1cc(-c2ccccc2)c(N2CCOCC2)s1. The summed E-state index contributed by atoms with van der Waals surface area (Å²) in [6.07, 6.45) is 4.10. The molecule has 32 heavy (non-hydrogen) atoms. The van der Waals surface area contributed by atoms with Crippen LogP contribution in [0.2, 0.25) is 0 Å². The topological polar surface area (TPSA) is 58.0 Å². The zero-order chi connectivity index (χ0) is 21.8. The van der Waals surface area contributed by atoms with Crippen LogP contribution in [0, 0.1) is 0 Å². The maximum Gasteiger partial charge on any atom is 0.261 e. The fourth-order valence-electron chi connectivity index (χ4n) is 4.54. The largest absolute Gasteiger partial charge is 0.468 e. The number of hydrogen-bond acceptors (Lipinski definition) is 6. The number of morpholine rings is 1. The highest BCUT2D eigenvalue weighted by molar-refractivity contribution is 7.18. The lowest BCUT2D eigenvalue weighted by Crippen LogP contribution is -2.36. The predicted octanol–water partition coefficient (Wildman–Crippen LogP) is 4.41. The predicted molar refractivity (Wildman–Crippen MR) is 127 cm³/mol. The van der Waals surface area contributed by atoms with Crippen molar-refractivity contribution in [2.45, 2.75) is 18.9 Å². The lowest BCUT2D eigenvalue weighted by atomic mass is 10.1. The number of rotatable bonds is 7. The molecule has 0 aliphatic carbocycles. The van der Waals surface area contributed by atoms with Gasteiger partial charge in [0, 0.05) is 25.2 Å². The molecule has 4 heterocycles. The first kappa shape index (κ1) is 21.2. The summed E-state index contributed by atoms with van der Waals surface area (Å²) in [4.78, 5) is 18.7. The number of carbonyl (C=O) groups excluding carboxylic acids is 1. The van der Waals surface area contributed by atoms with Crippen LogP contribution < -0.4 is 10.2 Å². The van der Waals surface area contributed by atoms with Crippen molar-refractivity contribution in [2.24, 2.45) is 0 Å². The van der Waals surface area contributed by atoms with Crippen LogP contribution in [0.5, 0.6) is 0 Å². The molecule has 0 bridgehead atoms. The third kappa shape index (κ3) is 4.60. The first-order chi connectivity index (χ1) is 15.8. The maximum atomic E-state index is 13.2. The summed E-state index contributed by atoms with van der Waals surface area (Å²) >= 11 is 1.57. The quantitative estimate of drug-likeness (QED) is 0.577. The molecule has 0 saturated carbocycles. The molecule has 2 aliphatic heterocycles. The van der Waals surface area contributed by atoms with E-state index in [4.69, 9.17) is 9.15 Å². The molecule has 168 valence electrons. The molecule has 2 fully saturated rings. The average molecular weight is 452 g/mol. The Balaban J connectivity index is 1.36. The molecule has 3 aromatic rings. The standard InChI is InChI=1S/C25H29N3O3S/c29-24(26-18-21(22-9-6-14-31-22)27-10-4-5-11-27)23-17-20(19-7-2-1-3-8-19)25(32-23)28-12-15-30-16-13-28/h1-3,6-9,14,17,21H,4-5,10-13,15-16,18H2,(H,26,29)/t21-/m0/s1. The Morgan fingerprint density at radius 1 is 1.03 bits per heavy atom. The van der Waals surface area contributed by atoms with Crippen molar-refractivity contribution in [3.63, 3.8) is 0 Å². The monoisotopic (exact) mass is 451 g/mol. The zero-order valence-corrected chi connectivity index (χ0v) is 19.0. The first-order valence-corrected chi connectivity index (χ1v) is 12.2. The van der Waals surface area contributed by atoms with Gasteiger partial charge in [-0.1, -0.05) is 30.3 Å². The minimum absolute atomic E-state index is 0.0255. The van der Waals surface area contributed by atoms with Gasteiger partial charge in [0.05, 0.1) is 35.4 Å². The molecule has 6 nitrogen and oxygen atoms in total. The highest BCUT2D eigenvalue weighted by Crippen LogP contribution is 2.39. The maximum absolute atomic E-state index is 13.2. The van der Waals surface area contributed by atoms with Gasteiger partial charge in [0.25, 0.3) is 5.91 Å². The summed E-state index contributed by atoms with van der Waals surface area (Å²) in [5.74, 6) is 0.889. The van der Waals surface area contributed by atoms with Crippen LogP contribution in [0.1, 0.15) is 34.3 Å². The van der Waals surface area contributed by atoms with Crippen molar-refractivity contribution in [3.8, 4) is 11.1 Å². The molecule has 7 heteroatoms. The summed E-state index contributed by atoms with van der Waals surface area (Å²) in [6.45, 7) is 5.74. The van der Waals surface area contributed by atoms with Crippen molar-refractivity contribution < 1.29 is 13.9 Å². The van der Waals surface area contributed by atoms with E-state index in [1.807, 2.05) is 36.4 Å². The Morgan fingerprint density at radius 3 is 2.53 bits per heavy atom. The van der Waals surface area contributed by atoms with Gasteiger partial charge < -0.3 is 19.4 Å². The number of anilines is 1. The third-order valence-electron chi connectivity index (χ3n) is 6.23. The molecule has 2 saturated heterocycles. The van der Waals surface area contributed by atoms with E-state index in [0.29, 0.717) is 19.8 Å². The van der Waals surface area contributed by atoms with Gasteiger partial charge in [-0.25, -0.2) is 0 Å². The molecule has 1 N–H and O–H groups in total. The molecule has 5 rings (SSSR count). The molecule has 1 atom stereocenters. The molecule has 2 aliphatic rings. The van der Waals surface area contributed by atoms with E-state index in [2.05, 4.69) is 27.2 Å². The second-order valence-electron chi connectivity index (χ2n) is 8.28. The minimum atomic E-state index is -0.0255. The number of nitrogens with one attached hydrogen (secondary N) is 1. The fourth-order valence-corrected chi connectivity index (χ4v) is 5.69. The van der Waals surface area contributed by atoms with Gasteiger partial charge in [-0.05, 0) is 49.7 Å². The van der Waals surface area contributed by atoms with Crippen LogP contribution >= 0.6 is 11.3 Å². The minimum Gasteiger partial charge on any atom is -0.468 e. The summed E-state index contributed by atoms with van der Waals surface area (Å²) in [5, 5.41) is 4.33. The summed E-state index contributed by atoms with van der Waals surface area (Å²) < 4.78 is 11.2. The Kier molecular flexibility index (Phi) is 6.57. The van der Waals surface area contributed by atoms with E-state index in [0.717, 1.165) is 52.9 Å². The highest BCUT2D eigenvalue weighted by Gasteiger charge is 2.27. The van der Waals surface area contributed by atoms with Gasteiger partial charge in [-0.3, -0.25) is 9.69 Å². The van der Waals surface area contributed by atoms with Gasteiger partial charge in [0.15, 0.2) is 0 Å². The zero-order valence-electron chi connectivity index (χ0n) is 18.2. The summed E-state index contributed by atoms with van der Waals surface area (Å²) in [7, 11) is 0. The molecule has 1 aromatic carbocycles. The third-order valence-corrected chi connectivity index (χ3v) is 7.42. The van der Waals surface area contributed by atoms with E-state index in [-0.39, 0.29) is 11.9 Å². The molecular formula is C25H29N3O3S. The van der Waals surface area contributed by atoms with Crippen molar-refractivity contribution >= 4 is 22.2 Å². The molecule has 0 radical (unpaired) electrons. The number of likely N-dealkylation sites (tertiary alicyclic amines) is 1. The van der Waals surface area contributed by atoms with Crippen LogP contribution in [0.15, 0.2) is 59.2 Å². The Bertz CT molecular complexity index is 1010. The van der Waals surface area contributed by atoms with Crippen molar-refractivity contribution in [1.29, 1.82) is 0 Å².